The van der Waals surface area contributed by atoms with Gasteiger partial charge in [-0.3, -0.25) is 9.59 Å². The monoisotopic (exact) mass is 237 g/mol. The minimum absolute atomic E-state index is 0.0259. The molecule has 2 aliphatic heterocycles. The van der Waals surface area contributed by atoms with Crippen LogP contribution >= 0.6 is 0 Å². The van der Waals surface area contributed by atoms with Crippen molar-refractivity contribution in [2.24, 2.45) is 0 Å². The average Bonchev–Trinajstić information content (AvgIpc) is 2.86. The topological polar surface area (TPSA) is 61.4 Å². The Kier molecular flexibility index (Phi) is 2.78. The fourth-order valence-corrected chi connectivity index (χ4v) is 2.78. The van der Waals surface area contributed by atoms with Gasteiger partial charge in [-0.05, 0) is 32.2 Å². The Bertz CT molecular complexity index is 335. The van der Waals surface area contributed by atoms with E-state index in [1.54, 1.807) is 0 Å². The standard InChI is InChI=1S/C12H19N3O2/c16-11-6-8(7-15(11)9-3-4-9)14-12(17)10-2-1-5-13-10/h8-10,13H,1-7H2,(H,14,17). The molecule has 2 unspecified atom stereocenters. The maximum atomic E-state index is 11.9. The van der Waals surface area contributed by atoms with Crippen molar-refractivity contribution >= 4 is 11.8 Å². The molecule has 94 valence electrons. The second kappa shape index (κ2) is 4.29. The van der Waals surface area contributed by atoms with E-state index in [0.717, 1.165) is 32.2 Å². The normalized spacial score (nSPS) is 33.2. The summed E-state index contributed by atoms with van der Waals surface area (Å²) in [4.78, 5) is 25.6. The molecule has 0 aromatic carbocycles. The SMILES string of the molecule is O=C(NC1CC(=O)N(C2CC2)C1)C1CCCN1. The zero-order valence-electron chi connectivity index (χ0n) is 9.95. The van der Waals surface area contributed by atoms with Gasteiger partial charge in [-0.15, -0.1) is 0 Å². The number of hydrogen-bond acceptors (Lipinski definition) is 3. The predicted molar refractivity (Wildman–Crippen MR) is 62.3 cm³/mol. The van der Waals surface area contributed by atoms with E-state index < -0.39 is 0 Å². The summed E-state index contributed by atoms with van der Waals surface area (Å²) in [7, 11) is 0. The first-order valence-corrected chi connectivity index (χ1v) is 6.57. The van der Waals surface area contributed by atoms with Crippen molar-refractivity contribution < 1.29 is 9.59 Å². The highest BCUT2D eigenvalue weighted by Gasteiger charge is 2.40. The van der Waals surface area contributed by atoms with Crippen LogP contribution in [0.25, 0.3) is 0 Å². The van der Waals surface area contributed by atoms with E-state index in [0.29, 0.717) is 19.0 Å². The summed E-state index contributed by atoms with van der Waals surface area (Å²) in [6.07, 6.45) is 4.73. The first kappa shape index (κ1) is 11.0. The minimum Gasteiger partial charge on any atom is -0.350 e. The maximum absolute atomic E-state index is 11.9. The molecule has 3 fully saturated rings. The Morgan fingerprint density at radius 3 is 2.82 bits per heavy atom. The largest absolute Gasteiger partial charge is 0.350 e. The molecule has 2 saturated heterocycles. The van der Waals surface area contributed by atoms with Gasteiger partial charge in [0.2, 0.25) is 11.8 Å². The van der Waals surface area contributed by atoms with E-state index in [2.05, 4.69) is 10.6 Å². The average molecular weight is 237 g/mol. The lowest BCUT2D eigenvalue weighted by molar-refractivity contribution is -0.128. The van der Waals surface area contributed by atoms with Gasteiger partial charge in [0.15, 0.2) is 0 Å². The van der Waals surface area contributed by atoms with Crippen molar-refractivity contribution in [1.82, 2.24) is 15.5 Å². The van der Waals surface area contributed by atoms with E-state index in [4.69, 9.17) is 0 Å². The molecule has 0 aromatic heterocycles. The summed E-state index contributed by atoms with van der Waals surface area (Å²) < 4.78 is 0. The second-order valence-electron chi connectivity index (χ2n) is 5.34. The molecule has 3 rings (SSSR count). The third-order valence-corrected chi connectivity index (χ3v) is 3.87. The maximum Gasteiger partial charge on any atom is 0.237 e. The van der Waals surface area contributed by atoms with Gasteiger partial charge < -0.3 is 15.5 Å². The number of nitrogens with zero attached hydrogens (tertiary/aromatic N) is 1. The number of carbonyl (C=O) groups is 2. The van der Waals surface area contributed by atoms with Crippen LogP contribution in [0, 0.1) is 0 Å². The van der Waals surface area contributed by atoms with Crippen LogP contribution in [0.1, 0.15) is 32.1 Å². The second-order valence-corrected chi connectivity index (χ2v) is 5.34. The Balaban J connectivity index is 1.52. The molecular weight excluding hydrogens is 218 g/mol. The third-order valence-electron chi connectivity index (χ3n) is 3.87. The Morgan fingerprint density at radius 1 is 1.35 bits per heavy atom. The number of likely N-dealkylation sites (tertiary alicyclic amines) is 1. The van der Waals surface area contributed by atoms with Crippen molar-refractivity contribution in [3.8, 4) is 0 Å². The smallest absolute Gasteiger partial charge is 0.237 e. The summed E-state index contributed by atoms with van der Waals surface area (Å²) in [5, 5.41) is 6.18. The van der Waals surface area contributed by atoms with Crippen molar-refractivity contribution in [2.75, 3.05) is 13.1 Å². The summed E-state index contributed by atoms with van der Waals surface area (Å²) in [6, 6.07) is 0.451. The number of hydrogen-bond donors (Lipinski definition) is 2. The number of rotatable bonds is 3. The number of carbonyl (C=O) groups excluding carboxylic acids is 2. The summed E-state index contributed by atoms with van der Waals surface area (Å²) in [6.45, 7) is 1.64. The summed E-state index contributed by atoms with van der Waals surface area (Å²) >= 11 is 0. The molecule has 0 spiro atoms. The van der Waals surface area contributed by atoms with Gasteiger partial charge in [0, 0.05) is 19.0 Å². The summed E-state index contributed by atoms with van der Waals surface area (Å²) in [5.41, 5.74) is 0. The molecule has 1 aliphatic carbocycles. The molecule has 2 heterocycles. The van der Waals surface area contributed by atoms with Gasteiger partial charge in [0.1, 0.15) is 0 Å². The molecule has 0 radical (unpaired) electrons. The van der Waals surface area contributed by atoms with Gasteiger partial charge in [-0.25, -0.2) is 0 Å². The van der Waals surface area contributed by atoms with Crippen LogP contribution < -0.4 is 10.6 Å². The molecule has 2 N–H and O–H groups in total. The molecular formula is C12H19N3O2. The van der Waals surface area contributed by atoms with Crippen LogP contribution in [0.3, 0.4) is 0 Å². The van der Waals surface area contributed by atoms with Crippen molar-refractivity contribution in [2.45, 2.75) is 50.2 Å². The van der Waals surface area contributed by atoms with Gasteiger partial charge in [0.05, 0.1) is 12.1 Å². The zero-order valence-corrected chi connectivity index (χ0v) is 9.95. The van der Waals surface area contributed by atoms with E-state index in [9.17, 15) is 9.59 Å². The third kappa shape index (κ3) is 2.29. The van der Waals surface area contributed by atoms with Crippen LogP contribution in [0.15, 0.2) is 0 Å². The highest BCUT2D eigenvalue weighted by molar-refractivity contribution is 5.85. The van der Waals surface area contributed by atoms with Crippen molar-refractivity contribution in [3.63, 3.8) is 0 Å². The zero-order chi connectivity index (χ0) is 11.8. The Morgan fingerprint density at radius 2 is 2.18 bits per heavy atom. The number of amides is 2. The van der Waals surface area contributed by atoms with E-state index >= 15 is 0 Å². The van der Waals surface area contributed by atoms with Gasteiger partial charge in [0.25, 0.3) is 0 Å². The molecule has 5 nitrogen and oxygen atoms in total. The molecule has 2 amide bonds. The van der Waals surface area contributed by atoms with Crippen LogP contribution in [0.4, 0.5) is 0 Å². The van der Waals surface area contributed by atoms with Crippen LogP contribution in [-0.2, 0) is 9.59 Å². The van der Waals surface area contributed by atoms with Crippen molar-refractivity contribution in [1.29, 1.82) is 0 Å². The van der Waals surface area contributed by atoms with Gasteiger partial charge >= 0.3 is 0 Å². The minimum atomic E-state index is -0.0416. The first-order chi connectivity index (χ1) is 8.24. The highest BCUT2D eigenvalue weighted by Crippen LogP contribution is 2.30. The first-order valence-electron chi connectivity index (χ1n) is 6.57. The predicted octanol–water partition coefficient (Wildman–Crippen LogP) is -0.382. The molecule has 5 heteroatoms. The number of nitrogens with one attached hydrogen (secondary N) is 2. The van der Waals surface area contributed by atoms with Crippen LogP contribution in [0.5, 0.6) is 0 Å². The van der Waals surface area contributed by atoms with Crippen molar-refractivity contribution in [3.05, 3.63) is 0 Å². The Hall–Kier alpha value is -1.10. The molecule has 17 heavy (non-hydrogen) atoms. The highest BCUT2D eigenvalue weighted by atomic mass is 16.2. The van der Waals surface area contributed by atoms with E-state index in [1.165, 1.54) is 0 Å². The quantitative estimate of drug-likeness (QED) is 0.703. The molecule has 3 aliphatic rings. The molecule has 0 aromatic rings. The van der Waals surface area contributed by atoms with E-state index in [-0.39, 0.29) is 23.9 Å². The lowest BCUT2D eigenvalue weighted by Crippen LogP contribution is -2.46. The fraction of sp³-hybridized carbons (Fsp3) is 0.833. The summed E-state index contributed by atoms with van der Waals surface area (Å²) in [5.74, 6) is 0.273. The molecule has 0 bridgehead atoms. The molecule has 2 atom stereocenters. The van der Waals surface area contributed by atoms with Crippen LogP contribution in [0.2, 0.25) is 0 Å². The molecule has 1 saturated carbocycles. The Labute approximate surface area is 101 Å². The lowest BCUT2D eigenvalue weighted by Gasteiger charge is -2.17. The van der Waals surface area contributed by atoms with Gasteiger partial charge in [-0.1, -0.05) is 0 Å². The fourth-order valence-electron chi connectivity index (χ4n) is 2.78. The van der Waals surface area contributed by atoms with Crippen LogP contribution in [-0.4, -0.2) is 47.9 Å². The van der Waals surface area contributed by atoms with Gasteiger partial charge in [-0.2, -0.15) is 0 Å². The lowest BCUT2D eigenvalue weighted by atomic mass is 10.2. The van der Waals surface area contributed by atoms with E-state index in [1.807, 2.05) is 4.90 Å².